The number of hydrogen-bond donors (Lipinski definition) is 1. The van der Waals surface area contributed by atoms with Gasteiger partial charge in [-0.3, -0.25) is 0 Å². The van der Waals surface area contributed by atoms with Gasteiger partial charge in [-0.25, -0.2) is 0 Å². The molecule has 1 aromatic carbocycles. The summed E-state index contributed by atoms with van der Waals surface area (Å²) >= 11 is 0. The molecule has 2 heteroatoms. The molecule has 1 aromatic heterocycles. The van der Waals surface area contributed by atoms with Crippen molar-refractivity contribution in [1.29, 1.82) is 0 Å². The van der Waals surface area contributed by atoms with Gasteiger partial charge >= 0.3 is 0 Å². The second-order valence-electron chi connectivity index (χ2n) is 5.97. The van der Waals surface area contributed by atoms with Crippen molar-refractivity contribution in [2.75, 3.05) is 0 Å². The predicted octanol–water partition coefficient (Wildman–Crippen LogP) is 4.13. The summed E-state index contributed by atoms with van der Waals surface area (Å²) in [4.78, 5) is 0. The predicted molar refractivity (Wildman–Crippen MR) is 82.0 cm³/mol. The molecule has 1 aliphatic rings. The van der Waals surface area contributed by atoms with E-state index in [0.29, 0.717) is 0 Å². The summed E-state index contributed by atoms with van der Waals surface area (Å²) in [6, 6.07) is 6.68. The van der Waals surface area contributed by atoms with Crippen molar-refractivity contribution in [1.82, 2.24) is 0 Å². The summed E-state index contributed by atoms with van der Waals surface area (Å²) in [5.74, 6) is 1.93. The van der Waals surface area contributed by atoms with Crippen LogP contribution in [-0.4, -0.2) is 0 Å². The molecule has 0 bridgehead atoms. The number of hydrogen-bond acceptors (Lipinski definition) is 2. The lowest BCUT2D eigenvalue weighted by molar-refractivity contribution is 0.498. The minimum absolute atomic E-state index is 0.0836. The second kappa shape index (κ2) is 5.10. The normalized spacial score (nSPS) is 16.0. The Morgan fingerprint density at radius 2 is 1.70 bits per heavy atom. The van der Waals surface area contributed by atoms with Crippen LogP contribution in [0, 0.1) is 20.8 Å². The highest BCUT2D eigenvalue weighted by Gasteiger charge is 2.20. The first-order valence-electron chi connectivity index (χ1n) is 7.51. The molecule has 2 aromatic rings. The molecule has 0 fully saturated rings. The first kappa shape index (κ1) is 13.4. The molecule has 1 heterocycles. The molecule has 0 amide bonds. The van der Waals surface area contributed by atoms with E-state index in [4.69, 9.17) is 10.2 Å². The molecule has 0 saturated carbocycles. The zero-order chi connectivity index (χ0) is 14.3. The Balaban J connectivity index is 2.00. The third kappa shape index (κ3) is 2.18. The van der Waals surface area contributed by atoms with Crippen molar-refractivity contribution in [2.24, 2.45) is 5.73 Å². The van der Waals surface area contributed by atoms with Crippen LogP contribution in [0.3, 0.4) is 0 Å². The molecule has 1 atom stereocenters. The van der Waals surface area contributed by atoms with Gasteiger partial charge in [-0.05, 0) is 68.7 Å². The second-order valence-corrected chi connectivity index (χ2v) is 5.97. The van der Waals surface area contributed by atoms with Crippen LogP contribution in [0.5, 0.6) is 0 Å². The van der Waals surface area contributed by atoms with Crippen molar-refractivity contribution in [2.45, 2.75) is 52.5 Å². The van der Waals surface area contributed by atoms with Crippen LogP contribution in [0.25, 0.3) is 0 Å². The maximum atomic E-state index is 6.50. The van der Waals surface area contributed by atoms with Gasteiger partial charge in [-0.2, -0.15) is 0 Å². The van der Waals surface area contributed by atoms with E-state index in [2.05, 4.69) is 25.1 Å². The molecule has 20 heavy (non-hydrogen) atoms. The SMILES string of the molecule is Cc1oc(C)c(C(N)c2ccc3c(c2)CCCC3)c1C. The number of benzene rings is 1. The highest BCUT2D eigenvalue weighted by molar-refractivity contribution is 5.43. The maximum Gasteiger partial charge on any atom is 0.106 e. The van der Waals surface area contributed by atoms with Crippen LogP contribution in [-0.2, 0) is 12.8 Å². The first-order valence-corrected chi connectivity index (χ1v) is 7.51. The fourth-order valence-corrected chi connectivity index (χ4v) is 3.38. The van der Waals surface area contributed by atoms with E-state index < -0.39 is 0 Å². The molecule has 0 spiro atoms. The quantitative estimate of drug-likeness (QED) is 0.890. The molecule has 3 rings (SSSR count). The van der Waals surface area contributed by atoms with Crippen molar-refractivity contribution in [3.63, 3.8) is 0 Å². The summed E-state index contributed by atoms with van der Waals surface area (Å²) < 4.78 is 5.72. The third-order valence-electron chi connectivity index (χ3n) is 4.66. The fourth-order valence-electron chi connectivity index (χ4n) is 3.38. The first-order chi connectivity index (χ1) is 9.58. The number of nitrogens with two attached hydrogens (primary N) is 1. The molecule has 1 aliphatic carbocycles. The van der Waals surface area contributed by atoms with Crippen LogP contribution in [0.4, 0.5) is 0 Å². The summed E-state index contributed by atoms with van der Waals surface area (Å²) in [6.07, 6.45) is 5.03. The van der Waals surface area contributed by atoms with Gasteiger partial charge in [0, 0.05) is 5.56 Å². The van der Waals surface area contributed by atoms with Crippen molar-refractivity contribution >= 4 is 0 Å². The van der Waals surface area contributed by atoms with Crippen LogP contribution < -0.4 is 5.73 Å². The molecule has 0 aliphatic heterocycles. The standard InChI is InChI=1S/C18H23NO/c1-11-12(2)20-13(3)17(11)18(19)16-9-8-14-6-4-5-7-15(14)10-16/h8-10,18H,4-7,19H2,1-3H3. The van der Waals surface area contributed by atoms with E-state index in [1.54, 1.807) is 0 Å². The van der Waals surface area contributed by atoms with E-state index in [9.17, 15) is 0 Å². The van der Waals surface area contributed by atoms with Gasteiger partial charge in [0.1, 0.15) is 11.5 Å². The average molecular weight is 269 g/mol. The smallest absolute Gasteiger partial charge is 0.106 e. The lowest BCUT2D eigenvalue weighted by Crippen LogP contribution is -2.15. The lowest BCUT2D eigenvalue weighted by atomic mass is 9.87. The minimum Gasteiger partial charge on any atom is -0.466 e. The van der Waals surface area contributed by atoms with Gasteiger partial charge in [0.25, 0.3) is 0 Å². The Morgan fingerprint density at radius 3 is 2.35 bits per heavy atom. The van der Waals surface area contributed by atoms with Gasteiger partial charge in [0.15, 0.2) is 0 Å². The van der Waals surface area contributed by atoms with E-state index >= 15 is 0 Å². The van der Waals surface area contributed by atoms with Crippen LogP contribution >= 0.6 is 0 Å². The summed E-state index contributed by atoms with van der Waals surface area (Å²) in [5, 5.41) is 0. The third-order valence-corrected chi connectivity index (χ3v) is 4.66. The minimum atomic E-state index is -0.0836. The summed E-state index contributed by atoms with van der Waals surface area (Å²) in [6.45, 7) is 6.11. The zero-order valence-electron chi connectivity index (χ0n) is 12.6. The highest BCUT2D eigenvalue weighted by Crippen LogP contribution is 2.32. The van der Waals surface area contributed by atoms with Crippen molar-refractivity contribution in [3.8, 4) is 0 Å². The van der Waals surface area contributed by atoms with Gasteiger partial charge < -0.3 is 10.2 Å². The van der Waals surface area contributed by atoms with Crippen molar-refractivity contribution in [3.05, 3.63) is 57.5 Å². The van der Waals surface area contributed by atoms with E-state index in [0.717, 1.165) is 17.1 Å². The molecular weight excluding hydrogens is 246 g/mol. The van der Waals surface area contributed by atoms with Gasteiger partial charge in [0.2, 0.25) is 0 Å². The Hall–Kier alpha value is -1.54. The van der Waals surface area contributed by atoms with Gasteiger partial charge in [-0.15, -0.1) is 0 Å². The van der Waals surface area contributed by atoms with E-state index in [-0.39, 0.29) is 6.04 Å². The molecule has 0 radical (unpaired) electrons. The van der Waals surface area contributed by atoms with Crippen molar-refractivity contribution < 1.29 is 4.42 Å². The molecule has 2 nitrogen and oxygen atoms in total. The maximum absolute atomic E-state index is 6.50. The Kier molecular flexibility index (Phi) is 3.43. The monoisotopic (exact) mass is 269 g/mol. The summed E-state index contributed by atoms with van der Waals surface area (Å²) in [5.41, 5.74) is 13.0. The number of furan rings is 1. The fraction of sp³-hybridized carbons (Fsp3) is 0.444. The molecule has 106 valence electrons. The van der Waals surface area contributed by atoms with Crippen LogP contribution in [0.1, 0.15) is 58.2 Å². The topological polar surface area (TPSA) is 39.2 Å². The van der Waals surface area contributed by atoms with Gasteiger partial charge in [0.05, 0.1) is 6.04 Å². The van der Waals surface area contributed by atoms with E-state index in [1.807, 2.05) is 13.8 Å². The largest absolute Gasteiger partial charge is 0.466 e. The molecule has 0 saturated heterocycles. The lowest BCUT2D eigenvalue weighted by Gasteiger charge is -2.19. The number of aryl methyl sites for hydroxylation is 4. The van der Waals surface area contributed by atoms with Crippen LogP contribution in [0.2, 0.25) is 0 Å². The Morgan fingerprint density at radius 1 is 1.00 bits per heavy atom. The molecule has 1 unspecified atom stereocenters. The molecular formula is C18H23NO. The highest BCUT2D eigenvalue weighted by atomic mass is 16.3. The summed E-state index contributed by atoms with van der Waals surface area (Å²) in [7, 11) is 0. The average Bonchev–Trinajstić information content (AvgIpc) is 2.71. The van der Waals surface area contributed by atoms with E-state index in [1.165, 1.54) is 47.9 Å². The Bertz CT molecular complexity index is 639. The Labute approximate surface area is 121 Å². The molecule has 2 N–H and O–H groups in total. The van der Waals surface area contributed by atoms with Crippen LogP contribution in [0.15, 0.2) is 22.6 Å². The van der Waals surface area contributed by atoms with Gasteiger partial charge in [-0.1, -0.05) is 18.2 Å². The number of fused-ring (bicyclic) bond motifs is 1. The zero-order valence-corrected chi connectivity index (χ0v) is 12.6. The number of rotatable bonds is 2.